The molecule has 1 aliphatic heterocycles. The van der Waals surface area contributed by atoms with Crippen molar-refractivity contribution in [3.63, 3.8) is 0 Å². The Labute approximate surface area is 97.9 Å². The van der Waals surface area contributed by atoms with Gasteiger partial charge in [0.05, 0.1) is 4.88 Å². The third-order valence-electron chi connectivity index (χ3n) is 2.82. The number of hydrogen-bond acceptors (Lipinski definition) is 3. The summed E-state index contributed by atoms with van der Waals surface area (Å²) >= 11 is 1.49. The fourth-order valence-corrected chi connectivity index (χ4v) is 2.68. The first-order chi connectivity index (χ1) is 7.84. The Balaban J connectivity index is 1.99. The van der Waals surface area contributed by atoms with Crippen molar-refractivity contribution in [2.75, 3.05) is 11.9 Å². The summed E-state index contributed by atoms with van der Waals surface area (Å²) in [5.74, 6) is 0.129. The summed E-state index contributed by atoms with van der Waals surface area (Å²) in [6, 6.07) is 9.70. The summed E-state index contributed by atoms with van der Waals surface area (Å²) in [6.45, 7) is 0.978. The van der Waals surface area contributed by atoms with Gasteiger partial charge in [0.1, 0.15) is 0 Å². The molecule has 80 valence electrons. The van der Waals surface area contributed by atoms with Gasteiger partial charge >= 0.3 is 0 Å². The van der Waals surface area contributed by atoms with Gasteiger partial charge in [0, 0.05) is 17.8 Å². The number of benzene rings is 1. The highest BCUT2D eigenvalue weighted by molar-refractivity contribution is 7.12. The monoisotopic (exact) mass is 229 g/mol. The SMILES string of the molecule is O=C(c1ccc2c(c1)CCN2)c1cccs1. The summed E-state index contributed by atoms with van der Waals surface area (Å²) in [4.78, 5) is 12.9. The molecule has 1 N–H and O–H groups in total. The minimum atomic E-state index is 0.129. The van der Waals surface area contributed by atoms with Crippen LogP contribution in [0.1, 0.15) is 20.8 Å². The van der Waals surface area contributed by atoms with Crippen LogP contribution >= 0.6 is 11.3 Å². The smallest absolute Gasteiger partial charge is 0.202 e. The lowest BCUT2D eigenvalue weighted by atomic mass is 10.0. The fraction of sp³-hybridized carbons (Fsp3) is 0.154. The molecule has 0 saturated heterocycles. The van der Waals surface area contributed by atoms with Crippen LogP contribution in [0.25, 0.3) is 0 Å². The zero-order chi connectivity index (χ0) is 11.0. The number of fused-ring (bicyclic) bond motifs is 1. The van der Waals surface area contributed by atoms with Gasteiger partial charge in [-0.3, -0.25) is 4.79 Å². The number of hydrogen-bond donors (Lipinski definition) is 1. The van der Waals surface area contributed by atoms with Gasteiger partial charge in [0.25, 0.3) is 0 Å². The zero-order valence-electron chi connectivity index (χ0n) is 8.69. The lowest BCUT2D eigenvalue weighted by molar-refractivity contribution is 0.104. The van der Waals surface area contributed by atoms with Crippen molar-refractivity contribution in [2.45, 2.75) is 6.42 Å². The minimum absolute atomic E-state index is 0.129. The predicted octanol–water partition coefficient (Wildman–Crippen LogP) is 2.95. The van der Waals surface area contributed by atoms with Crippen molar-refractivity contribution in [3.8, 4) is 0 Å². The van der Waals surface area contributed by atoms with Crippen LogP contribution in [0.5, 0.6) is 0 Å². The molecule has 1 aromatic carbocycles. The topological polar surface area (TPSA) is 29.1 Å². The van der Waals surface area contributed by atoms with Crippen LogP contribution in [0.3, 0.4) is 0 Å². The van der Waals surface area contributed by atoms with E-state index in [0.29, 0.717) is 0 Å². The van der Waals surface area contributed by atoms with E-state index in [0.717, 1.165) is 23.4 Å². The molecule has 2 nitrogen and oxygen atoms in total. The fourth-order valence-electron chi connectivity index (χ4n) is 2.00. The maximum atomic E-state index is 12.1. The molecule has 16 heavy (non-hydrogen) atoms. The van der Waals surface area contributed by atoms with Gasteiger partial charge in [-0.15, -0.1) is 11.3 Å². The third-order valence-corrected chi connectivity index (χ3v) is 3.69. The van der Waals surface area contributed by atoms with Gasteiger partial charge in [0.2, 0.25) is 5.78 Å². The number of thiophene rings is 1. The zero-order valence-corrected chi connectivity index (χ0v) is 9.51. The Hall–Kier alpha value is -1.61. The number of anilines is 1. The quantitative estimate of drug-likeness (QED) is 0.802. The Bertz CT molecular complexity index is 531. The van der Waals surface area contributed by atoms with Gasteiger partial charge in [-0.2, -0.15) is 0 Å². The molecule has 0 saturated carbocycles. The maximum Gasteiger partial charge on any atom is 0.202 e. The molecule has 0 bridgehead atoms. The van der Waals surface area contributed by atoms with E-state index in [1.165, 1.54) is 22.6 Å². The van der Waals surface area contributed by atoms with Crippen LogP contribution in [0, 0.1) is 0 Å². The molecule has 2 aromatic rings. The predicted molar refractivity (Wildman–Crippen MR) is 66.4 cm³/mol. The van der Waals surface area contributed by atoms with E-state index in [4.69, 9.17) is 0 Å². The molecule has 0 atom stereocenters. The largest absolute Gasteiger partial charge is 0.384 e. The first kappa shape index (κ1) is 9.60. The van der Waals surface area contributed by atoms with E-state index < -0.39 is 0 Å². The summed E-state index contributed by atoms with van der Waals surface area (Å²) in [5, 5.41) is 5.23. The summed E-state index contributed by atoms with van der Waals surface area (Å²) in [7, 11) is 0. The van der Waals surface area contributed by atoms with Crippen molar-refractivity contribution < 1.29 is 4.79 Å². The van der Waals surface area contributed by atoms with Crippen LogP contribution in [-0.4, -0.2) is 12.3 Å². The molecule has 0 amide bonds. The summed E-state index contributed by atoms with van der Waals surface area (Å²) < 4.78 is 0. The third kappa shape index (κ3) is 1.53. The molecule has 1 aliphatic rings. The summed E-state index contributed by atoms with van der Waals surface area (Å²) in [6.07, 6.45) is 1.01. The van der Waals surface area contributed by atoms with Gasteiger partial charge in [-0.1, -0.05) is 6.07 Å². The molecule has 3 rings (SSSR count). The van der Waals surface area contributed by atoms with Crippen molar-refractivity contribution in [2.24, 2.45) is 0 Å². The van der Waals surface area contributed by atoms with Crippen LogP contribution < -0.4 is 5.32 Å². The number of ketones is 1. The maximum absolute atomic E-state index is 12.1. The molecular formula is C13H11NOS. The number of carbonyl (C=O) groups is 1. The van der Waals surface area contributed by atoms with Crippen molar-refractivity contribution in [1.82, 2.24) is 0 Å². The normalized spacial score (nSPS) is 13.2. The van der Waals surface area contributed by atoms with Crippen LogP contribution in [0.2, 0.25) is 0 Å². The number of nitrogens with one attached hydrogen (secondary N) is 1. The molecule has 3 heteroatoms. The van der Waals surface area contributed by atoms with E-state index in [1.54, 1.807) is 0 Å². The highest BCUT2D eigenvalue weighted by Gasteiger charge is 2.14. The Morgan fingerprint density at radius 2 is 2.25 bits per heavy atom. The molecule has 0 spiro atoms. The Morgan fingerprint density at radius 1 is 1.31 bits per heavy atom. The molecule has 0 aliphatic carbocycles. The van der Waals surface area contributed by atoms with Crippen molar-refractivity contribution in [1.29, 1.82) is 0 Å². The summed E-state index contributed by atoms with van der Waals surface area (Å²) in [5.41, 5.74) is 3.22. The molecular weight excluding hydrogens is 218 g/mol. The average Bonchev–Trinajstić information content (AvgIpc) is 2.98. The molecule has 2 heterocycles. The van der Waals surface area contributed by atoms with Gasteiger partial charge in [-0.05, 0) is 41.6 Å². The first-order valence-electron chi connectivity index (χ1n) is 5.29. The van der Waals surface area contributed by atoms with E-state index in [-0.39, 0.29) is 5.78 Å². The van der Waals surface area contributed by atoms with Crippen molar-refractivity contribution in [3.05, 3.63) is 51.7 Å². The highest BCUT2D eigenvalue weighted by atomic mass is 32.1. The minimum Gasteiger partial charge on any atom is -0.384 e. The van der Waals surface area contributed by atoms with E-state index in [1.807, 2.05) is 35.7 Å². The second-order valence-electron chi connectivity index (χ2n) is 3.86. The first-order valence-corrected chi connectivity index (χ1v) is 6.17. The molecule has 0 fully saturated rings. The van der Waals surface area contributed by atoms with Gasteiger partial charge < -0.3 is 5.32 Å². The van der Waals surface area contributed by atoms with Crippen molar-refractivity contribution >= 4 is 22.8 Å². The number of rotatable bonds is 2. The van der Waals surface area contributed by atoms with Crippen LogP contribution in [0.4, 0.5) is 5.69 Å². The molecule has 0 radical (unpaired) electrons. The average molecular weight is 229 g/mol. The Morgan fingerprint density at radius 3 is 3.06 bits per heavy atom. The van der Waals surface area contributed by atoms with E-state index in [2.05, 4.69) is 5.32 Å². The second kappa shape index (κ2) is 3.76. The van der Waals surface area contributed by atoms with E-state index in [9.17, 15) is 4.79 Å². The van der Waals surface area contributed by atoms with Gasteiger partial charge in [0.15, 0.2) is 0 Å². The highest BCUT2D eigenvalue weighted by Crippen LogP contribution is 2.24. The standard InChI is InChI=1S/C13H11NOS/c15-13(12-2-1-7-16-12)10-3-4-11-9(8-10)5-6-14-11/h1-4,7-8,14H,5-6H2. The molecule has 1 aromatic heterocycles. The second-order valence-corrected chi connectivity index (χ2v) is 4.80. The van der Waals surface area contributed by atoms with E-state index >= 15 is 0 Å². The molecule has 0 unspecified atom stereocenters. The van der Waals surface area contributed by atoms with Gasteiger partial charge in [-0.25, -0.2) is 0 Å². The van der Waals surface area contributed by atoms with Crippen LogP contribution in [-0.2, 0) is 6.42 Å². The lowest BCUT2D eigenvalue weighted by Crippen LogP contribution is -1.99. The Kier molecular flexibility index (Phi) is 2.26. The lowest BCUT2D eigenvalue weighted by Gasteiger charge is -2.02. The van der Waals surface area contributed by atoms with Crippen LogP contribution in [0.15, 0.2) is 35.7 Å². The number of carbonyl (C=O) groups excluding carboxylic acids is 1.